The predicted octanol–water partition coefficient (Wildman–Crippen LogP) is 3.26. The van der Waals surface area contributed by atoms with Crippen molar-refractivity contribution in [1.82, 2.24) is 10.2 Å². The fourth-order valence-corrected chi connectivity index (χ4v) is 4.83. The van der Waals surface area contributed by atoms with Crippen LogP contribution in [0.1, 0.15) is 36.0 Å². The molecule has 1 amide bonds. The number of likely N-dealkylation sites (tertiary alicyclic amines) is 1. The lowest BCUT2D eigenvalue weighted by Crippen LogP contribution is -2.33. The predicted molar refractivity (Wildman–Crippen MR) is 116 cm³/mol. The first-order valence-corrected chi connectivity index (χ1v) is 11.7. The highest BCUT2D eigenvalue weighted by molar-refractivity contribution is 7.92. The first-order valence-electron chi connectivity index (χ1n) is 10.2. The number of sulfonamides is 1. The number of hydrogen-bond donors (Lipinski definition) is 1. The van der Waals surface area contributed by atoms with Crippen molar-refractivity contribution in [3.63, 3.8) is 0 Å². The van der Waals surface area contributed by atoms with Gasteiger partial charge < -0.3 is 10.2 Å². The topological polar surface area (TPSA) is 69.7 Å². The molecule has 6 nitrogen and oxygen atoms in total. The van der Waals surface area contributed by atoms with Gasteiger partial charge in [0.1, 0.15) is 5.82 Å². The van der Waals surface area contributed by atoms with Gasteiger partial charge in [-0.05, 0) is 69.2 Å². The third kappa shape index (κ3) is 5.37. The molecule has 0 atom stereocenters. The Morgan fingerprint density at radius 1 is 1.10 bits per heavy atom. The molecule has 0 aromatic heterocycles. The van der Waals surface area contributed by atoms with Crippen LogP contribution in [-0.4, -0.2) is 52.5 Å². The SMILES string of the molecule is CN(c1ccccc1F)S(=O)(=O)c1cccc(C(=O)NCCCN2CCCCC2)c1. The van der Waals surface area contributed by atoms with Crippen molar-refractivity contribution < 1.29 is 17.6 Å². The Morgan fingerprint density at radius 2 is 1.83 bits per heavy atom. The van der Waals surface area contributed by atoms with E-state index in [4.69, 9.17) is 0 Å². The highest BCUT2D eigenvalue weighted by Gasteiger charge is 2.24. The molecule has 1 heterocycles. The minimum absolute atomic E-state index is 0.0509. The van der Waals surface area contributed by atoms with Crippen LogP contribution in [0.3, 0.4) is 0 Å². The molecule has 8 heteroatoms. The Balaban J connectivity index is 1.63. The molecular formula is C22H28FN3O3S. The number of rotatable bonds is 8. The van der Waals surface area contributed by atoms with E-state index in [1.165, 1.54) is 62.7 Å². The van der Waals surface area contributed by atoms with Gasteiger partial charge in [-0.1, -0.05) is 24.6 Å². The Kier molecular flexibility index (Phi) is 7.44. The summed E-state index contributed by atoms with van der Waals surface area (Å²) in [5.41, 5.74) is 0.209. The molecule has 162 valence electrons. The zero-order valence-electron chi connectivity index (χ0n) is 17.2. The van der Waals surface area contributed by atoms with Crippen molar-refractivity contribution in [3.8, 4) is 0 Å². The number of amides is 1. The summed E-state index contributed by atoms with van der Waals surface area (Å²) in [7, 11) is -2.71. The zero-order chi connectivity index (χ0) is 21.6. The number of piperidine rings is 1. The summed E-state index contributed by atoms with van der Waals surface area (Å²) < 4.78 is 40.7. The third-order valence-corrected chi connectivity index (χ3v) is 7.10. The van der Waals surface area contributed by atoms with Gasteiger partial charge >= 0.3 is 0 Å². The van der Waals surface area contributed by atoms with Crippen LogP contribution >= 0.6 is 0 Å². The summed E-state index contributed by atoms with van der Waals surface area (Å²) in [6.45, 7) is 3.70. The van der Waals surface area contributed by atoms with Crippen molar-refractivity contribution >= 4 is 21.6 Å². The standard InChI is InChI=1S/C22H28FN3O3S/c1-25(21-12-4-3-11-20(21)23)30(28,29)19-10-7-9-18(17-19)22(27)24-13-8-16-26-14-5-2-6-15-26/h3-4,7,9-12,17H,2,5-6,8,13-16H2,1H3,(H,24,27). The van der Waals surface area contributed by atoms with Gasteiger partial charge in [0.2, 0.25) is 0 Å². The minimum atomic E-state index is -4.00. The number of hydrogen-bond acceptors (Lipinski definition) is 4. The van der Waals surface area contributed by atoms with Crippen molar-refractivity contribution in [3.05, 3.63) is 59.9 Å². The van der Waals surface area contributed by atoms with Gasteiger partial charge in [0.25, 0.3) is 15.9 Å². The zero-order valence-corrected chi connectivity index (χ0v) is 18.0. The van der Waals surface area contributed by atoms with Gasteiger partial charge in [-0.15, -0.1) is 0 Å². The lowest BCUT2D eigenvalue weighted by molar-refractivity contribution is 0.0951. The number of halogens is 1. The fraction of sp³-hybridized carbons (Fsp3) is 0.409. The monoisotopic (exact) mass is 433 g/mol. The molecule has 1 aliphatic rings. The number of benzene rings is 2. The number of nitrogens with one attached hydrogen (secondary N) is 1. The molecule has 1 N–H and O–H groups in total. The molecule has 0 aliphatic carbocycles. The molecule has 0 unspecified atom stereocenters. The Hall–Kier alpha value is -2.45. The van der Waals surface area contributed by atoms with Gasteiger partial charge in [-0.2, -0.15) is 0 Å². The number of anilines is 1. The van der Waals surface area contributed by atoms with Crippen molar-refractivity contribution in [2.45, 2.75) is 30.6 Å². The van der Waals surface area contributed by atoms with Crippen molar-refractivity contribution in [2.75, 3.05) is 37.5 Å². The maximum Gasteiger partial charge on any atom is 0.264 e. The van der Waals surface area contributed by atoms with Crippen LogP contribution in [0.5, 0.6) is 0 Å². The molecule has 0 bridgehead atoms. The molecule has 2 aromatic rings. The van der Waals surface area contributed by atoms with Crippen LogP contribution < -0.4 is 9.62 Å². The lowest BCUT2D eigenvalue weighted by Gasteiger charge is -2.26. The Labute approximate surface area is 177 Å². The second-order valence-corrected chi connectivity index (χ2v) is 9.43. The first-order chi connectivity index (χ1) is 14.4. The number of carbonyl (C=O) groups excluding carboxylic acids is 1. The normalized spacial score (nSPS) is 15.0. The molecule has 0 radical (unpaired) electrons. The second kappa shape index (κ2) is 10.0. The van der Waals surface area contributed by atoms with Gasteiger partial charge in [0, 0.05) is 19.2 Å². The highest BCUT2D eigenvalue weighted by Crippen LogP contribution is 2.25. The van der Waals surface area contributed by atoms with Crippen LogP contribution in [0.15, 0.2) is 53.4 Å². The summed E-state index contributed by atoms with van der Waals surface area (Å²) >= 11 is 0. The van der Waals surface area contributed by atoms with Crippen LogP contribution in [0, 0.1) is 5.82 Å². The second-order valence-electron chi connectivity index (χ2n) is 7.46. The van der Waals surface area contributed by atoms with Gasteiger partial charge in [-0.25, -0.2) is 12.8 Å². The van der Waals surface area contributed by atoms with Crippen molar-refractivity contribution in [1.29, 1.82) is 0 Å². The van der Waals surface area contributed by atoms with Crippen molar-refractivity contribution in [2.24, 2.45) is 0 Å². The van der Waals surface area contributed by atoms with E-state index in [1.807, 2.05) is 0 Å². The van der Waals surface area contributed by atoms with E-state index >= 15 is 0 Å². The number of para-hydroxylation sites is 1. The number of nitrogens with zero attached hydrogens (tertiary/aromatic N) is 2. The van der Waals surface area contributed by atoms with E-state index in [-0.39, 0.29) is 22.1 Å². The molecule has 2 aromatic carbocycles. The quantitative estimate of drug-likeness (QED) is 0.649. The molecule has 1 saturated heterocycles. The minimum Gasteiger partial charge on any atom is -0.352 e. The Bertz CT molecular complexity index is 975. The summed E-state index contributed by atoms with van der Waals surface area (Å²) in [5, 5.41) is 2.85. The molecule has 0 spiro atoms. The molecule has 0 saturated carbocycles. The molecule has 1 aliphatic heterocycles. The van der Waals surface area contributed by atoms with Gasteiger partial charge in [0.15, 0.2) is 0 Å². The average Bonchev–Trinajstić information content (AvgIpc) is 2.77. The molecule has 1 fully saturated rings. The fourth-order valence-electron chi connectivity index (χ4n) is 3.58. The number of carbonyl (C=O) groups is 1. The van der Waals surface area contributed by atoms with Crippen LogP contribution in [0.2, 0.25) is 0 Å². The van der Waals surface area contributed by atoms with Gasteiger partial charge in [0.05, 0.1) is 10.6 Å². The summed E-state index contributed by atoms with van der Waals surface area (Å²) in [6.07, 6.45) is 4.60. The lowest BCUT2D eigenvalue weighted by atomic mass is 10.1. The van der Waals surface area contributed by atoms with E-state index in [1.54, 1.807) is 12.1 Å². The van der Waals surface area contributed by atoms with E-state index in [0.29, 0.717) is 6.54 Å². The maximum absolute atomic E-state index is 14.0. The van der Waals surface area contributed by atoms with E-state index < -0.39 is 15.8 Å². The molecule has 3 rings (SSSR count). The third-order valence-electron chi connectivity index (χ3n) is 5.33. The smallest absolute Gasteiger partial charge is 0.264 e. The van der Waals surface area contributed by atoms with Crippen LogP contribution in [0.4, 0.5) is 10.1 Å². The van der Waals surface area contributed by atoms with E-state index in [9.17, 15) is 17.6 Å². The molecule has 30 heavy (non-hydrogen) atoms. The average molecular weight is 434 g/mol. The van der Waals surface area contributed by atoms with Crippen LogP contribution in [-0.2, 0) is 10.0 Å². The van der Waals surface area contributed by atoms with Crippen LogP contribution in [0.25, 0.3) is 0 Å². The maximum atomic E-state index is 14.0. The summed E-state index contributed by atoms with van der Waals surface area (Å²) in [5.74, 6) is -0.953. The largest absolute Gasteiger partial charge is 0.352 e. The summed E-state index contributed by atoms with van der Waals surface area (Å²) in [4.78, 5) is 14.8. The van der Waals surface area contributed by atoms with E-state index in [0.717, 1.165) is 30.4 Å². The molecular weight excluding hydrogens is 405 g/mol. The van der Waals surface area contributed by atoms with E-state index in [2.05, 4.69) is 10.2 Å². The Morgan fingerprint density at radius 3 is 2.57 bits per heavy atom. The highest BCUT2D eigenvalue weighted by atomic mass is 32.2. The summed E-state index contributed by atoms with van der Waals surface area (Å²) in [6, 6.07) is 11.5. The van der Waals surface area contributed by atoms with Gasteiger partial charge in [-0.3, -0.25) is 9.10 Å². The first kappa shape index (κ1) is 22.2.